The van der Waals surface area contributed by atoms with Gasteiger partial charge < -0.3 is 5.11 Å². The molecule has 0 aliphatic rings. The minimum absolute atomic E-state index is 0.162. The van der Waals surface area contributed by atoms with Gasteiger partial charge in [0.1, 0.15) is 5.75 Å². The molecule has 0 fully saturated rings. The van der Waals surface area contributed by atoms with Crippen LogP contribution in [0.1, 0.15) is 18.3 Å². The minimum atomic E-state index is 0.162. The summed E-state index contributed by atoms with van der Waals surface area (Å²) in [4.78, 5) is 0. The van der Waals surface area contributed by atoms with Crippen LogP contribution in [0.4, 0.5) is 0 Å². The zero-order valence-electron chi connectivity index (χ0n) is 9.59. The van der Waals surface area contributed by atoms with E-state index in [1.54, 1.807) is 24.4 Å². The molecular formula is C11H11BrN4OS. The van der Waals surface area contributed by atoms with Gasteiger partial charge >= 0.3 is 0 Å². The van der Waals surface area contributed by atoms with Crippen molar-refractivity contribution < 1.29 is 5.11 Å². The highest BCUT2D eigenvalue weighted by Gasteiger charge is 2.03. The van der Waals surface area contributed by atoms with Gasteiger partial charge in [0.15, 0.2) is 5.82 Å². The molecule has 0 aliphatic heterocycles. The van der Waals surface area contributed by atoms with Gasteiger partial charge in [0.05, 0.1) is 6.21 Å². The molecule has 1 heterocycles. The van der Waals surface area contributed by atoms with Gasteiger partial charge in [0.25, 0.3) is 0 Å². The fourth-order valence-corrected chi connectivity index (χ4v) is 2.00. The molecule has 0 saturated heterocycles. The van der Waals surface area contributed by atoms with Crippen molar-refractivity contribution in [3.05, 3.63) is 38.8 Å². The summed E-state index contributed by atoms with van der Waals surface area (Å²) < 4.78 is 2.83. The van der Waals surface area contributed by atoms with E-state index in [-0.39, 0.29) is 5.75 Å². The average molecular weight is 327 g/mol. The second-order valence-electron chi connectivity index (χ2n) is 3.56. The molecule has 2 rings (SSSR count). The van der Waals surface area contributed by atoms with Crippen molar-refractivity contribution in [1.82, 2.24) is 14.9 Å². The zero-order chi connectivity index (χ0) is 13.1. The molecule has 0 amide bonds. The maximum Gasteiger partial charge on any atom is 0.216 e. The van der Waals surface area contributed by atoms with Crippen LogP contribution in [0, 0.1) is 4.77 Å². The number of phenols is 1. The van der Waals surface area contributed by atoms with E-state index >= 15 is 0 Å². The van der Waals surface area contributed by atoms with Gasteiger partial charge in [-0.05, 0) is 30.4 Å². The van der Waals surface area contributed by atoms with Gasteiger partial charge in [-0.25, -0.2) is 0 Å². The number of aromatic nitrogens is 3. The van der Waals surface area contributed by atoms with Gasteiger partial charge in [0, 0.05) is 16.5 Å². The maximum absolute atomic E-state index is 9.69. The molecule has 2 aromatic rings. The molecule has 0 atom stereocenters. The Balaban J connectivity index is 2.38. The first-order valence-corrected chi connectivity index (χ1v) is 6.51. The molecule has 94 valence electrons. The molecule has 0 aliphatic carbocycles. The third-order valence-electron chi connectivity index (χ3n) is 2.34. The Morgan fingerprint density at radius 1 is 1.61 bits per heavy atom. The van der Waals surface area contributed by atoms with E-state index in [1.807, 2.05) is 6.92 Å². The van der Waals surface area contributed by atoms with Crippen molar-refractivity contribution in [3.8, 4) is 5.75 Å². The fraction of sp³-hybridized carbons (Fsp3) is 0.182. The third-order valence-corrected chi connectivity index (χ3v) is 3.09. The lowest BCUT2D eigenvalue weighted by molar-refractivity contribution is 0.474. The average Bonchev–Trinajstić information content (AvgIpc) is 2.71. The number of nitrogens with one attached hydrogen (secondary N) is 1. The van der Waals surface area contributed by atoms with Gasteiger partial charge in [-0.2, -0.15) is 14.9 Å². The lowest BCUT2D eigenvalue weighted by atomic mass is 10.2. The highest BCUT2D eigenvalue weighted by molar-refractivity contribution is 9.10. The quantitative estimate of drug-likeness (QED) is 0.673. The highest BCUT2D eigenvalue weighted by Crippen LogP contribution is 2.20. The van der Waals surface area contributed by atoms with Crippen LogP contribution in [-0.2, 0) is 6.42 Å². The normalized spacial score (nSPS) is 11.2. The number of hydrogen-bond acceptors (Lipinski definition) is 4. The molecular weight excluding hydrogens is 316 g/mol. The van der Waals surface area contributed by atoms with Crippen molar-refractivity contribution in [2.24, 2.45) is 5.10 Å². The summed E-state index contributed by atoms with van der Waals surface area (Å²) in [5, 5.41) is 20.6. The zero-order valence-corrected chi connectivity index (χ0v) is 12.0. The van der Waals surface area contributed by atoms with E-state index in [0.29, 0.717) is 10.3 Å². The number of halogens is 1. The Morgan fingerprint density at radius 3 is 3.11 bits per heavy atom. The summed E-state index contributed by atoms with van der Waals surface area (Å²) in [6.45, 7) is 1.97. The van der Waals surface area contributed by atoms with Gasteiger partial charge in [0.2, 0.25) is 4.77 Å². The van der Waals surface area contributed by atoms with Crippen LogP contribution < -0.4 is 0 Å². The molecule has 0 radical (unpaired) electrons. The standard InChI is InChI=1S/C11H11BrN4OS/c1-2-10-14-15-11(18)16(10)13-6-7-5-8(12)3-4-9(7)17/h3-6,17H,2H2,1H3,(H,15,18). The van der Waals surface area contributed by atoms with Gasteiger partial charge in [-0.3, -0.25) is 5.10 Å². The molecule has 1 aromatic heterocycles. The summed E-state index contributed by atoms with van der Waals surface area (Å²) >= 11 is 8.41. The lowest BCUT2D eigenvalue weighted by Gasteiger charge is -2.00. The first-order valence-electron chi connectivity index (χ1n) is 5.31. The first kappa shape index (κ1) is 13.0. The number of hydrogen-bond donors (Lipinski definition) is 2. The Morgan fingerprint density at radius 2 is 2.39 bits per heavy atom. The molecule has 1 aromatic carbocycles. The number of nitrogens with zero attached hydrogens (tertiary/aromatic N) is 3. The van der Waals surface area contributed by atoms with Gasteiger partial charge in [-0.1, -0.05) is 22.9 Å². The predicted molar refractivity (Wildman–Crippen MR) is 75.6 cm³/mol. The van der Waals surface area contributed by atoms with Crippen LogP contribution in [0.25, 0.3) is 0 Å². The van der Waals surface area contributed by atoms with Crippen LogP contribution in [-0.4, -0.2) is 26.2 Å². The molecule has 18 heavy (non-hydrogen) atoms. The van der Waals surface area contributed by atoms with Crippen molar-refractivity contribution in [2.75, 3.05) is 0 Å². The SMILES string of the molecule is CCc1n[nH]c(=S)n1N=Cc1cc(Br)ccc1O. The number of aryl methyl sites for hydroxylation is 1. The first-order chi connectivity index (χ1) is 8.61. The van der Waals surface area contributed by atoms with E-state index in [2.05, 4.69) is 31.2 Å². The largest absolute Gasteiger partial charge is 0.507 e. The van der Waals surface area contributed by atoms with Crippen molar-refractivity contribution in [2.45, 2.75) is 13.3 Å². The topological polar surface area (TPSA) is 66.2 Å². The second-order valence-corrected chi connectivity index (χ2v) is 4.86. The molecule has 5 nitrogen and oxygen atoms in total. The number of benzene rings is 1. The molecule has 0 saturated carbocycles. The van der Waals surface area contributed by atoms with E-state index in [1.165, 1.54) is 4.68 Å². The highest BCUT2D eigenvalue weighted by atomic mass is 79.9. The summed E-state index contributed by atoms with van der Waals surface area (Å²) in [6.07, 6.45) is 2.26. The molecule has 0 unspecified atom stereocenters. The maximum atomic E-state index is 9.69. The monoisotopic (exact) mass is 326 g/mol. The van der Waals surface area contributed by atoms with Crippen LogP contribution in [0.3, 0.4) is 0 Å². The predicted octanol–water partition coefficient (Wildman–Crippen LogP) is 2.85. The Hall–Kier alpha value is -1.47. The number of phenolic OH excluding ortho intramolecular Hbond substituents is 1. The minimum Gasteiger partial charge on any atom is -0.507 e. The Labute approximate surface area is 117 Å². The van der Waals surface area contributed by atoms with E-state index in [9.17, 15) is 5.11 Å². The number of aromatic hydroxyl groups is 1. The fourth-order valence-electron chi connectivity index (χ4n) is 1.42. The molecule has 0 spiro atoms. The molecule has 7 heteroatoms. The molecule has 2 N–H and O–H groups in total. The van der Waals surface area contributed by atoms with Crippen LogP contribution in [0.15, 0.2) is 27.8 Å². The second kappa shape index (κ2) is 5.45. The number of aromatic amines is 1. The third kappa shape index (κ3) is 2.68. The van der Waals surface area contributed by atoms with E-state index < -0.39 is 0 Å². The summed E-state index contributed by atoms with van der Waals surface area (Å²) in [5.74, 6) is 0.903. The van der Waals surface area contributed by atoms with Gasteiger partial charge in [-0.15, -0.1) is 0 Å². The number of H-pyrrole nitrogens is 1. The van der Waals surface area contributed by atoms with Crippen molar-refractivity contribution in [3.63, 3.8) is 0 Å². The van der Waals surface area contributed by atoms with E-state index in [0.717, 1.165) is 16.7 Å². The van der Waals surface area contributed by atoms with Crippen molar-refractivity contribution in [1.29, 1.82) is 0 Å². The Kier molecular flexibility index (Phi) is 3.93. The summed E-state index contributed by atoms with van der Waals surface area (Å²) in [6, 6.07) is 5.13. The van der Waals surface area contributed by atoms with E-state index in [4.69, 9.17) is 12.2 Å². The molecule has 0 bridgehead atoms. The van der Waals surface area contributed by atoms with Crippen LogP contribution in [0.5, 0.6) is 5.75 Å². The smallest absolute Gasteiger partial charge is 0.216 e. The van der Waals surface area contributed by atoms with Crippen molar-refractivity contribution >= 4 is 34.4 Å². The summed E-state index contributed by atoms with van der Waals surface area (Å²) in [7, 11) is 0. The lowest BCUT2D eigenvalue weighted by Crippen LogP contribution is -1.97. The number of rotatable bonds is 3. The Bertz CT molecular complexity index is 647. The van der Waals surface area contributed by atoms with Crippen LogP contribution >= 0.6 is 28.1 Å². The van der Waals surface area contributed by atoms with Crippen LogP contribution in [0.2, 0.25) is 0 Å². The summed E-state index contributed by atoms with van der Waals surface area (Å²) in [5.41, 5.74) is 0.606.